The van der Waals surface area contributed by atoms with E-state index >= 15 is 0 Å². The molecule has 0 saturated heterocycles. The Labute approximate surface area is 186 Å². The van der Waals surface area contributed by atoms with Crippen molar-refractivity contribution in [2.75, 3.05) is 29.3 Å². The first kappa shape index (κ1) is 21.2. The lowest BCUT2D eigenvalue weighted by atomic mass is 10.2. The minimum Gasteiger partial charge on any atom is -0.448 e. The number of pyridine rings is 1. The van der Waals surface area contributed by atoms with Crippen molar-refractivity contribution < 1.29 is 13.9 Å². The summed E-state index contributed by atoms with van der Waals surface area (Å²) in [5.74, 6) is -0.225. The molecule has 0 aliphatic rings. The molecule has 1 amide bonds. The minimum atomic E-state index is -0.788. The van der Waals surface area contributed by atoms with Gasteiger partial charge in [0.25, 0.3) is 0 Å². The maximum Gasteiger partial charge on any atom is 0.411 e. The summed E-state index contributed by atoms with van der Waals surface area (Å²) < 4.78 is 20.6. The van der Waals surface area contributed by atoms with Crippen molar-refractivity contribution in [1.82, 2.24) is 24.7 Å². The Morgan fingerprint density at radius 1 is 1.16 bits per heavy atom. The third-order valence-electron chi connectivity index (χ3n) is 4.50. The highest BCUT2D eigenvalue weighted by atomic mass is 35.5. The maximum absolute atomic E-state index is 14.2. The first-order valence-electron chi connectivity index (χ1n) is 9.46. The van der Waals surface area contributed by atoms with Gasteiger partial charge >= 0.3 is 6.09 Å². The molecule has 32 heavy (non-hydrogen) atoms. The number of carbonyl (C=O) groups excluding carboxylic acids is 1. The number of amides is 1. The largest absolute Gasteiger partial charge is 0.448 e. The van der Waals surface area contributed by atoms with Crippen molar-refractivity contribution in [2.24, 2.45) is 0 Å². The van der Waals surface area contributed by atoms with Crippen LogP contribution in [0.15, 0.2) is 42.6 Å². The number of ether oxygens (including phenoxy) is 1. The molecule has 5 N–H and O–H groups in total. The highest BCUT2D eigenvalue weighted by Crippen LogP contribution is 2.30. The van der Waals surface area contributed by atoms with Gasteiger partial charge in [-0.1, -0.05) is 18.2 Å². The molecule has 10 nitrogen and oxygen atoms in total. The van der Waals surface area contributed by atoms with E-state index < -0.39 is 6.09 Å². The van der Waals surface area contributed by atoms with Crippen LogP contribution in [-0.4, -0.2) is 43.3 Å². The van der Waals surface area contributed by atoms with Gasteiger partial charge in [-0.15, -0.1) is 11.6 Å². The molecule has 0 saturated carbocycles. The number of rotatable bonds is 6. The van der Waals surface area contributed by atoms with Gasteiger partial charge in [0, 0.05) is 11.8 Å². The molecule has 0 aliphatic carbocycles. The Kier molecular flexibility index (Phi) is 5.99. The number of carbonyl (C=O) groups is 1. The van der Waals surface area contributed by atoms with Gasteiger partial charge in [0.1, 0.15) is 23.8 Å². The second-order valence-electron chi connectivity index (χ2n) is 6.61. The fourth-order valence-electron chi connectivity index (χ4n) is 3.07. The third kappa shape index (κ3) is 4.23. The fraction of sp³-hybridized carbons (Fsp3) is 0.150. The van der Waals surface area contributed by atoms with Crippen molar-refractivity contribution in [2.45, 2.75) is 6.54 Å². The first-order valence-corrected chi connectivity index (χ1v) is 9.99. The molecule has 3 aromatic heterocycles. The molecule has 0 fully saturated rings. The summed E-state index contributed by atoms with van der Waals surface area (Å²) in [6, 6.07) is 9.92. The van der Waals surface area contributed by atoms with E-state index in [0.29, 0.717) is 22.3 Å². The van der Waals surface area contributed by atoms with Crippen LogP contribution in [0, 0.1) is 5.82 Å². The lowest BCUT2D eigenvalue weighted by molar-refractivity contribution is 0.168. The average molecular weight is 457 g/mol. The molecule has 0 unspecified atom stereocenters. The number of aromatic nitrogens is 5. The topological polar surface area (TPSA) is 147 Å². The van der Waals surface area contributed by atoms with Crippen LogP contribution in [0.4, 0.5) is 26.5 Å². The van der Waals surface area contributed by atoms with Crippen LogP contribution < -0.4 is 16.8 Å². The van der Waals surface area contributed by atoms with E-state index in [2.05, 4.69) is 25.4 Å². The van der Waals surface area contributed by atoms with Crippen LogP contribution in [-0.2, 0) is 11.3 Å². The van der Waals surface area contributed by atoms with E-state index in [4.69, 9.17) is 27.8 Å². The van der Waals surface area contributed by atoms with Crippen molar-refractivity contribution in [1.29, 1.82) is 0 Å². The summed E-state index contributed by atoms with van der Waals surface area (Å²) >= 11 is 5.50. The quantitative estimate of drug-likeness (QED) is 0.375. The molecule has 164 valence electrons. The lowest BCUT2D eigenvalue weighted by Crippen LogP contribution is -2.18. The van der Waals surface area contributed by atoms with E-state index in [-0.39, 0.29) is 48.0 Å². The molecule has 0 bridgehead atoms. The van der Waals surface area contributed by atoms with Gasteiger partial charge in [0.15, 0.2) is 23.1 Å². The number of anilines is 3. The average Bonchev–Trinajstić information content (AvgIpc) is 3.15. The van der Waals surface area contributed by atoms with Crippen molar-refractivity contribution in [3.05, 3.63) is 54.0 Å². The van der Waals surface area contributed by atoms with Crippen LogP contribution in [0.5, 0.6) is 0 Å². The number of fused-ring (bicyclic) bond motifs is 1. The van der Waals surface area contributed by atoms with Gasteiger partial charge in [-0.2, -0.15) is 5.10 Å². The SMILES string of the molecule is Nc1nc(-c2nn(Cc3ccccc3F)c3ncccc23)nc(N)c1NC(=O)OCCCl. The Hall–Kier alpha value is -3.99. The highest BCUT2D eigenvalue weighted by molar-refractivity contribution is 6.18. The summed E-state index contributed by atoms with van der Waals surface area (Å²) in [5, 5.41) is 7.56. The second-order valence-corrected chi connectivity index (χ2v) is 6.99. The summed E-state index contributed by atoms with van der Waals surface area (Å²) in [5.41, 5.74) is 13.3. The van der Waals surface area contributed by atoms with Gasteiger partial charge in [0.2, 0.25) is 0 Å². The number of hydrogen-bond acceptors (Lipinski definition) is 8. The van der Waals surface area contributed by atoms with E-state index in [1.807, 2.05) is 0 Å². The third-order valence-corrected chi connectivity index (χ3v) is 4.65. The van der Waals surface area contributed by atoms with Gasteiger partial charge in [-0.05, 0) is 18.2 Å². The zero-order valence-electron chi connectivity index (χ0n) is 16.6. The number of nitrogens with one attached hydrogen (secondary N) is 1. The van der Waals surface area contributed by atoms with Crippen LogP contribution in [0.25, 0.3) is 22.6 Å². The first-order chi connectivity index (χ1) is 15.5. The van der Waals surface area contributed by atoms with Crippen LogP contribution in [0.3, 0.4) is 0 Å². The molecule has 0 spiro atoms. The fourth-order valence-corrected chi connectivity index (χ4v) is 3.15. The minimum absolute atomic E-state index is 0.0153. The number of halogens is 2. The zero-order chi connectivity index (χ0) is 22.7. The Morgan fingerprint density at radius 3 is 2.62 bits per heavy atom. The standard InChI is InChI=1S/C20H18ClFN8O2/c21-7-9-32-20(31)26-15-16(23)27-18(28-17(15)24)14-12-5-3-8-25-19(12)30(29-14)10-11-4-1-2-6-13(11)22/h1-6,8H,7,9-10H2,(H,26,31)(H4,23,24,27,28). The number of nitrogen functional groups attached to an aromatic ring is 2. The van der Waals surface area contributed by atoms with E-state index in [1.54, 1.807) is 41.2 Å². The molecule has 1 aromatic carbocycles. The molecular weight excluding hydrogens is 439 g/mol. The molecule has 0 atom stereocenters. The van der Waals surface area contributed by atoms with Crippen molar-refractivity contribution in [3.63, 3.8) is 0 Å². The highest BCUT2D eigenvalue weighted by Gasteiger charge is 2.20. The normalized spacial score (nSPS) is 10.9. The van der Waals surface area contributed by atoms with E-state index in [1.165, 1.54) is 6.07 Å². The van der Waals surface area contributed by atoms with Crippen molar-refractivity contribution >= 4 is 46.1 Å². The van der Waals surface area contributed by atoms with Crippen molar-refractivity contribution in [3.8, 4) is 11.5 Å². The second kappa shape index (κ2) is 9.02. The Bertz CT molecular complexity index is 1270. The summed E-state index contributed by atoms with van der Waals surface area (Å²) in [6.45, 7) is 0.168. The van der Waals surface area contributed by atoms with Crippen LogP contribution in [0.2, 0.25) is 0 Å². The molecule has 0 radical (unpaired) electrons. The van der Waals surface area contributed by atoms with Crippen LogP contribution in [0.1, 0.15) is 5.56 Å². The number of nitrogens with zero attached hydrogens (tertiary/aromatic N) is 5. The zero-order valence-corrected chi connectivity index (χ0v) is 17.4. The summed E-state index contributed by atoms with van der Waals surface area (Å²) in [6.07, 6.45) is 0.818. The van der Waals surface area contributed by atoms with E-state index in [0.717, 1.165) is 0 Å². The maximum atomic E-state index is 14.2. The number of hydrogen-bond donors (Lipinski definition) is 3. The molecule has 0 aliphatic heterocycles. The van der Waals surface area contributed by atoms with Gasteiger partial charge in [-0.25, -0.2) is 28.8 Å². The summed E-state index contributed by atoms with van der Waals surface area (Å²) in [4.78, 5) is 24.6. The number of benzene rings is 1. The lowest BCUT2D eigenvalue weighted by Gasteiger charge is -2.11. The number of alkyl halides is 1. The molecule has 3 heterocycles. The van der Waals surface area contributed by atoms with Gasteiger partial charge < -0.3 is 16.2 Å². The molecule has 4 aromatic rings. The Balaban J connectivity index is 1.72. The molecular formula is C20H18ClFN8O2. The van der Waals surface area contributed by atoms with Crippen LogP contribution >= 0.6 is 11.6 Å². The smallest absolute Gasteiger partial charge is 0.411 e. The number of nitrogens with two attached hydrogens (primary N) is 2. The van der Waals surface area contributed by atoms with E-state index in [9.17, 15) is 9.18 Å². The predicted molar refractivity (Wildman–Crippen MR) is 119 cm³/mol. The molecule has 4 rings (SSSR count). The van der Waals surface area contributed by atoms with Gasteiger partial charge in [0.05, 0.1) is 17.8 Å². The summed E-state index contributed by atoms with van der Waals surface area (Å²) in [7, 11) is 0. The molecule has 12 heteroatoms. The Morgan fingerprint density at radius 2 is 1.91 bits per heavy atom. The monoisotopic (exact) mass is 456 g/mol. The van der Waals surface area contributed by atoms with Gasteiger partial charge in [-0.3, -0.25) is 5.32 Å². The predicted octanol–water partition coefficient (Wildman–Crippen LogP) is 3.03.